The number of hydrogen-bond acceptors (Lipinski definition) is 4. The summed E-state index contributed by atoms with van der Waals surface area (Å²) in [7, 11) is 0. The Kier molecular flexibility index (Phi) is 4.55. The maximum absolute atomic E-state index is 12.4. The van der Waals surface area contributed by atoms with E-state index in [1.807, 2.05) is 0 Å². The Morgan fingerprint density at radius 3 is 2.78 bits per heavy atom. The fourth-order valence-electron chi connectivity index (χ4n) is 2.90. The van der Waals surface area contributed by atoms with Crippen molar-refractivity contribution in [2.24, 2.45) is 0 Å². The molecule has 1 amide bonds. The van der Waals surface area contributed by atoms with Crippen LogP contribution < -0.4 is 10.9 Å². The number of aromatic nitrogens is 4. The minimum atomic E-state index is -0.653. The van der Waals surface area contributed by atoms with Crippen LogP contribution in [0.2, 0.25) is 0 Å². The SMILES string of the molecule is CC(C(=O)NC1CCCCC1)n1nc(-n2cccn2)ccc1=O. The standard InChI is InChI=1S/C16H21N5O2/c1-12(16(23)18-13-6-3-2-4-7-13)21-15(22)9-8-14(19-21)20-11-5-10-17-20/h5,8-13H,2-4,6-7H2,1H3,(H,18,23). The van der Waals surface area contributed by atoms with Crippen LogP contribution in [0.25, 0.3) is 5.82 Å². The third kappa shape index (κ3) is 3.49. The summed E-state index contributed by atoms with van der Waals surface area (Å²) in [6.07, 6.45) is 8.91. The van der Waals surface area contributed by atoms with Gasteiger partial charge in [0.2, 0.25) is 5.91 Å². The Morgan fingerprint density at radius 1 is 1.30 bits per heavy atom. The molecule has 2 aromatic rings. The highest BCUT2D eigenvalue weighted by atomic mass is 16.2. The number of nitrogens with zero attached hydrogens (tertiary/aromatic N) is 4. The van der Waals surface area contributed by atoms with Crippen LogP contribution in [0.4, 0.5) is 0 Å². The van der Waals surface area contributed by atoms with Crippen molar-refractivity contribution in [3.05, 3.63) is 40.9 Å². The molecule has 23 heavy (non-hydrogen) atoms. The van der Waals surface area contributed by atoms with E-state index >= 15 is 0 Å². The summed E-state index contributed by atoms with van der Waals surface area (Å²) in [5.41, 5.74) is -0.299. The number of hydrogen-bond donors (Lipinski definition) is 1. The van der Waals surface area contributed by atoms with E-state index in [-0.39, 0.29) is 17.5 Å². The van der Waals surface area contributed by atoms with Crippen LogP contribution >= 0.6 is 0 Å². The lowest BCUT2D eigenvalue weighted by Gasteiger charge is -2.24. The van der Waals surface area contributed by atoms with Crippen molar-refractivity contribution < 1.29 is 4.79 Å². The smallest absolute Gasteiger partial charge is 0.267 e. The lowest BCUT2D eigenvalue weighted by Crippen LogP contribution is -2.42. The minimum absolute atomic E-state index is 0.163. The molecule has 7 nitrogen and oxygen atoms in total. The fraction of sp³-hybridized carbons (Fsp3) is 0.500. The predicted octanol–water partition coefficient (Wildman–Crippen LogP) is 1.44. The first-order chi connectivity index (χ1) is 11.1. The first-order valence-electron chi connectivity index (χ1n) is 8.05. The van der Waals surface area contributed by atoms with Crippen LogP contribution in [-0.4, -0.2) is 31.5 Å². The molecule has 1 aliphatic rings. The molecule has 0 spiro atoms. The molecular formula is C16H21N5O2. The fourth-order valence-corrected chi connectivity index (χ4v) is 2.90. The Hall–Kier alpha value is -2.44. The third-order valence-electron chi connectivity index (χ3n) is 4.25. The van der Waals surface area contributed by atoms with Crippen molar-refractivity contribution in [2.75, 3.05) is 0 Å². The second-order valence-electron chi connectivity index (χ2n) is 5.94. The first kappa shape index (κ1) is 15.5. The van der Waals surface area contributed by atoms with Crippen molar-refractivity contribution >= 4 is 5.91 Å². The number of nitrogens with one attached hydrogen (secondary N) is 1. The summed E-state index contributed by atoms with van der Waals surface area (Å²) >= 11 is 0. The maximum Gasteiger partial charge on any atom is 0.267 e. The highest BCUT2D eigenvalue weighted by molar-refractivity contribution is 5.80. The van der Waals surface area contributed by atoms with Crippen LogP contribution in [0, 0.1) is 0 Å². The number of amides is 1. The van der Waals surface area contributed by atoms with E-state index in [9.17, 15) is 9.59 Å². The largest absolute Gasteiger partial charge is 0.352 e. The lowest BCUT2D eigenvalue weighted by atomic mass is 9.95. The van der Waals surface area contributed by atoms with E-state index in [0.717, 1.165) is 25.7 Å². The summed E-state index contributed by atoms with van der Waals surface area (Å²) < 4.78 is 2.77. The average Bonchev–Trinajstić information content (AvgIpc) is 3.10. The van der Waals surface area contributed by atoms with Gasteiger partial charge in [-0.1, -0.05) is 19.3 Å². The maximum atomic E-state index is 12.4. The van der Waals surface area contributed by atoms with Crippen LogP contribution in [0.1, 0.15) is 45.1 Å². The topological polar surface area (TPSA) is 81.8 Å². The van der Waals surface area contributed by atoms with Gasteiger partial charge in [0.15, 0.2) is 5.82 Å². The van der Waals surface area contributed by atoms with Gasteiger partial charge in [0, 0.05) is 24.5 Å². The molecule has 2 aromatic heterocycles. The highest BCUT2D eigenvalue weighted by Gasteiger charge is 2.22. The number of carbonyl (C=O) groups is 1. The van der Waals surface area contributed by atoms with Gasteiger partial charge in [-0.15, -0.1) is 5.10 Å². The van der Waals surface area contributed by atoms with Gasteiger partial charge in [-0.2, -0.15) is 5.10 Å². The molecule has 0 aliphatic heterocycles. The molecule has 1 unspecified atom stereocenters. The second-order valence-corrected chi connectivity index (χ2v) is 5.94. The van der Waals surface area contributed by atoms with E-state index < -0.39 is 6.04 Å². The van der Waals surface area contributed by atoms with E-state index in [0.29, 0.717) is 5.82 Å². The lowest BCUT2D eigenvalue weighted by molar-refractivity contribution is -0.125. The van der Waals surface area contributed by atoms with E-state index in [2.05, 4.69) is 15.5 Å². The molecule has 0 aromatic carbocycles. The summed E-state index contributed by atoms with van der Waals surface area (Å²) in [6, 6.07) is 4.34. The molecule has 2 heterocycles. The van der Waals surface area contributed by atoms with Crippen LogP contribution in [0.3, 0.4) is 0 Å². The molecule has 122 valence electrons. The molecule has 0 radical (unpaired) electrons. The molecule has 0 saturated heterocycles. The van der Waals surface area contributed by atoms with E-state index in [1.54, 1.807) is 36.1 Å². The van der Waals surface area contributed by atoms with Crippen LogP contribution in [0.5, 0.6) is 0 Å². The quantitative estimate of drug-likeness (QED) is 0.925. The van der Waals surface area contributed by atoms with Gasteiger partial charge in [0.1, 0.15) is 6.04 Å². The summed E-state index contributed by atoms with van der Waals surface area (Å²) in [6.45, 7) is 1.69. The van der Waals surface area contributed by atoms with Crippen molar-refractivity contribution in [2.45, 2.75) is 51.1 Å². The van der Waals surface area contributed by atoms with Gasteiger partial charge >= 0.3 is 0 Å². The Balaban J connectivity index is 1.78. The summed E-state index contributed by atoms with van der Waals surface area (Å²) in [5.74, 6) is 0.344. The zero-order chi connectivity index (χ0) is 16.2. The zero-order valence-electron chi connectivity index (χ0n) is 13.2. The Morgan fingerprint density at radius 2 is 2.09 bits per heavy atom. The first-order valence-corrected chi connectivity index (χ1v) is 8.05. The summed E-state index contributed by atoms with van der Waals surface area (Å²) in [4.78, 5) is 24.5. The molecular weight excluding hydrogens is 294 g/mol. The van der Waals surface area contributed by atoms with Crippen LogP contribution in [0.15, 0.2) is 35.4 Å². The summed E-state index contributed by atoms with van der Waals surface area (Å²) in [5, 5.41) is 11.4. The van der Waals surface area contributed by atoms with Gasteiger partial charge in [-0.05, 0) is 31.9 Å². The van der Waals surface area contributed by atoms with Gasteiger partial charge in [0.25, 0.3) is 5.56 Å². The second kappa shape index (κ2) is 6.76. The molecule has 1 N–H and O–H groups in total. The zero-order valence-corrected chi connectivity index (χ0v) is 13.2. The Labute approximate surface area is 134 Å². The van der Waals surface area contributed by atoms with Gasteiger partial charge in [-0.25, -0.2) is 9.36 Å². The van der Waals surface area contributed by atoms with Gasteiger partial charge in [-0.3, -0.25) is 9.59 Å². The van der Waals surface area contributed by atoms with Crippen molar-refractivity contribution in [3.63, 3.8) is 0 Å². The van der Waals surface area contributed by atoms with Gasteiger partial charge in [0.05, 0.1) is 0 Å². The van der Waals surface area contributed by atoms with Gasteiger partial charge < -0.3 is 5.32 Å². The normalized spacial score (nSPS) is 16.9. The molecule has 1 aliphatic carbocycles. The number of carbonyl (C=O) groups excluding carboxylic acids is 1. The highest BCUT2D eigenvalue weighted by Crippen LogP contribution is 2.18. The Bertz CT molecular complexity index is 716. The predicted molar refractivity (Wildman–Crippen MR) is 85.3 cm³/mol. The molecule has 7 heteroatoms. The molecule has 0 bridgehead atoms. The minimum Gasteiger partial charge on any atom is -0.352 e. The molecule has 1 saturated carbocycles. The van der Waals surface area contributed by atoms with E-state index in [4.69, 9.17) is 0 Å². The average molecular weight is 315 g/mol. The van der Waals surface area contributed by atoms with Crippen molar-refractivity contribution in [3.8, 4) is 5.82 Å². The number of rotatable bonds is 4. The van der Waals surface area contributed by atoms with Crippen LogP contribution in [-0.2, 0) is 4.79 Å². The third-order valence-corrected chi connectivity index (χ3v) is 4.25. The van der Waals surface area contributed by atoms with Crippen molar-refractivity contribution in [1.82, 2.24) is 24.9 Å². The van der Waals surface area contributed by atoms with E-state index in [1.165, 1.54) is 17.2 Å². The van der Waals surface area contributed by atoms with Crippen molar-refractivity contribution in [1.29, 1.82) is 0 Å². The molecule has 3 rings (SSSR count). The monoisotopic (exact) mass is 315 g/mol. The molecule has 1 atom stereocenters. The molecule has 1 fully saturated rings.